The maximum absolute atomic E-state index is 12.3. The van der Waals surface area contributed by atoms with Crippen LogP contribution in [0.15, 0.2) is 12.3 Å². The fourth-order valence-electron chi connectivity index (χ4n) is 5.26. The van der Waals surface area contributed by atoms with E-state index in [2.05, 4.69) is 10.4 Å². The molecule has 4 aliphatic carbocycles. The molecule has 0 atom stereocenters. The summed E-state index contributed by atoms with van der Waals surface area (Å²) in [7, 11) is 0. The highest BCUT2D eigenvalue weighted by Gasteiger charge is 2.48. The molecule has 1 heterocycles. The fourth-order valence-corrected chi connectivity index (χ4v) is 5.26. The largest absolute Gasteiger partial charge is 0.353 e. The van der Waals surface area contributed by atoms with Crippen molar-refractivity contribution >= 4 is 5.91 Å². The molecule has 114 valence electrons. The first-order chi connectivity index (χ1) is 10.2. The molecule has 0 aliphatic heterocycles. The van der Waals surface area contributed by atoms with Crippen LogP contribution in [0.2, 0.25) is 0 Å². The lowest BCUT2D eigenvalue weighted by atomic mass is 9.54. The Bertz CT molecular complexity index is 508. The minimum atomic E-state index is 0.211. The first kappa shape index (κ1) is 13.4. The number of amides is 1. The van der Waals surface area contributed by atoms with Crippen molar-refractivity contribution in [3.05, 3.63) is 18.0 Å². The number of nitrogens with one attached hydrogen (secondary N) is 1. The number of aromatic nitrogens is 2. The predicted molar refractivity (Wildman–Crippen MR) is 80.6 cm³/mol. The second-order valence-electron chi connectivity index (χ2n) is 7.47. The Labute approximate surface area is 126 Å². The van der Waals surface area contributed by atoms with Gasteiger partial charge in [-0.05, 0) is 68.8 Å². The average molecular weight is 287 g/mol. The lowest BCUT2D eigenvalue weighted by molar-refractivity contribution is -0.125. The van der Waals surface area contributed by atoms with Gasteiger partial charge < -0.3 is 5.32 Å². The van der Waals surface area contributed by atoms with Crippen LogP contribution in [-0.4, -0.2) is 21.7 Å². The van der Waals surface area contributed by atoms with Gasteiger partial charge in [-0.25, -0.2) is 0 Å². The molecule has 1 aromatic heterocycles. The Morgan fingerprint density at radius 3 is 2.48 bits per heavy atom. The molecular formula is C17H25N3O. The molecule has 1 amide bonds. The Balaban J connectivity index is 1.33. The number of rotatable bonds is 4. The molecule has 0 unspecified atom stereocenters. The summed E-state index contributed by atoms with van der Waals surface area (Å²) in [6.45, 7) is 2.72. The van der Waals surface area contributed by atoms with Gasteiger partial charge in [0.05, 0.1) is 0 Å². The monoisotopic (exact) mass is 287 g/mol. The smallest absolute Gasteiger partial charge is 0.222 e. The van der Waals surface area contributed by atoms with E-state index in [1.165, 1.54) is 32.1 Å². The standard InChI is InChI=1S/C17H25N3O/c1-11-2-4-18-20(11)5-3-16(21)19-17-14-7-12-6-13(9-14)10-15(17)8-12/h2,4,12-15,17H,3,5-10H2,1H3,(H,19,21). The molecule has 0 radical (unpaired) electrons. The van der Waals surface area contributed by atoms with E-state index in [1.54, 1.807) is 6.20 Å². The van der Waals surface area contributed by atoms with Crippen LogP contribution in [0.3, 0.4) is 0 Å². The zero-order valence-electron chi connectivity index (χ0n) is 12.8. The Kier molecular flexibility index (Phi) is 3.27. The van der Waals surface area contributed by atoms with Crippen LogP contribution in [0.25, 0.3) is 0 Å². The van der Waals surface area contributed by atoms with Crippen molar-refractivity contribution in [2.24, 2.45) is 23.7 Å². The summed E-state index contributed by atoms with van der Waals surface area (Å²) < 4.78 is 1.91. The third-order valence-corrected chi connectivity index (χ3v) is 6.03. The summed E-state index contributed by atoms with van der Waals surface area (Å²) in [6, 6.07) is 2.44. The van der Waals surface area contributed by atoms with Gasteiger partial charge in [-0.2, -0.15) is 5.10 Å². The highest BCUT2D eigenvalue weighted by atomic mass is 16.1. The summed E-state index contributed by atoms with van der Waals surface area (Å²) in [6.07, 6.45) is 9.24. The van der Waals surface area contributed by atoms with E-state index in [9.17, 15) is 4.79 Å². The zero-order chi connectivity index (χ0) is 14.4. The SMILES string of the molecule is Cc1ccnn1CCC(=O)NC1C2CC3CC(C2)CC1C3. The van der Waals surface area contributed by atoms with E-state index < -0.39 is 0 Å². The van der Waals surface area contributed by atoms with Gasteiger partial charge in [0.2, 0.25) is 5.91 Å². The van der Waals surface area contributed by atoms with Gasteiger partial charge in [0.25, 0.3) is 0 Å². The van der Waals surface area contributed by atoms with Gasteiger partial charge in [0.15, 0.2) is 0 Å². The lowest BCUT2D eigenvalue weighted by Crippen LogP contribution is -2.55. The Morgan fingerprint density at radius 2 is 1.90 bits per heavy atom. The molecule has 0 saturated heterocycles. The normalized spacial score (nSPS) is 36.9. The number of hydrogen-bond acceptors (Lipinski definition) is 2. The fraction of sp³-hybridized carbons (Fsp3) is 0.765. The molecule has 1 aromatic rings. The van der Waals surface area contributed by atoms with E-state index in [-0.39, 0.29) is 5.91 Å². The molecule has 0 spiro atoms. The third kappa shape index (κ3) is 2.49. The third-order valence-electron chi connectivity index (χ3n) is 6.03. The maximum Gasteiger partial charge on any atom is 0.222 e. The van der Waals surface area contributed by atoms with Crippen LogP contribution < -0.4 is 5.32 Å². The topological polar surface area (TPSA) is 46.9 Å². The van der Waals surface area contributed by atoms with E-state index in [1.807, 2.05) is 17.7 Å². The zero-order valence-corrected chi connectivity index (χ0v) is 12.8. The molecule has 4 saturated carbocycles. The summed E-state index contributed by atoms with van der Waals surface area (Å²) in [5.74, 6) is 3.66. The van der Waals surface area contributed by atoms with E-state index >= 15 is 0 Å². The number of carbonyl (C=O) groups is 1. The number of carbonyl (C=O) groups excluding carboxylic acids is 1. The molecule has 5 rings (SSSR count). The maximum atomic E-state index is 12.3. The number of nitrogens with zero attached hydrogens (tertiary/aromatic N) is 2. The van der Waals surface area contributed by atoms with Gasteiger partial charge in [-0.15, -0.1) is 0 Å². The molecule has 4 fully saturated rings. The van der Waals surface area contributed by atoms with Crippen LogP contribution in [0.4, 0.5) is 0 Å². The van der Waals surface area contributed by atoms with Gasteiger partial charge in [0.1, 0.15) is 0 Å². The highest BCUT2D eigenvalue weighted by molar-refractivity contribution is 5.76. The first-order valence-corrected chi connectivity index (χ1v) is 8.47. The lowest BCUT2D eigenvalue weighted by Gasteiger charge is -2.54. The second kappa shape index (κ2) is 5.15. The summed E-state index contributed by atoms with van der Waals surface area (Å²) in [5.41, 5.74) is 1.12. The minimum absolute atomic E-state index is 0.211. The number of aryl methyl sites for hydroxylation is 2. The molecular weight excluding hydrogens is 262 g/mol. The number of hydrogen-bond donors (Lipinski definition) is 1. The molecule has 4 bridgehead atoms. The summed E-state index contributed by atoms with van der Waals surface area (Å²) >= 11 is 0. The molecule has 4 nitrogen and oxygen atoms in total. The van der Waals surface area contributed by atoms with Crippen molar-refractivity contribution in [3.8, 4) is 0 Å². The van der Waals surface area contributed by atoms with Crippen LogP contribution >= 0.6 is 0 Å². The molecule has 21 heavy (non-hydrogen) atoms. The van der Waals surface area contributed by atoms with Crippen LogP contribution in [0, 0.1) is 30.6 Å². The Hall–Kier alpha value is -1.32. The van der Waals surface area contributed by atoms with Crippen LogP contribution in [0.5, 0.6) is 0 Å². The second-order valence-corrected chi connectivity index (χ2v) is 7.47. The predicted octanol–water partition coefficient (Wildman–Crippen LogP) is 2.52. The van der Waals surface area contributed by atoms with Crippen molar-refractivity contribution in [2.45, 2.75) is 58.0 Å². The highest BCUT2D eigenvalue weighted by Crippen LogP contribution is 2.53. The van der Waals surface area contributed by atoms with Gasteiger partial charge in [0, 0.05) is 30.9 Å². The first-order valence-electron chi connectivity index (χ1n) is 8.47. The molecule has 1 N–H and O–H groups in total. The molecule has 4 aliphatic rings. The van der Waals surface area contributed by atoms with Crippen molar-refractivity contribution in [2.75, 3.05) is 0 Å². The van der Waals surface area contributed by atoms with Crippen molar-refractivity contribution in [1.29, 1.82) is 0 Å². The quantitative estimate of drug-likeness (QED) is 0.925. The average Bonchev–Trinajstić information content (AvgIpc) is 2.85. The van der Waals surface area contributed by atoms with E-state index in [4.69, 9.17) is 0 Å². The van der Waals surface area contributed by atoms with Crippen LogP contribution in [0.1, 0.15) is 44.2 Å². The van der Waals surface area contributed by atoms with Gasteiger partial charge in [-0.3, -0.25) is 9.48 Å². The van der Waals surface area contributed by atoms with E-state index in [0.717, 1.165) is 29.4 Å². The van der Waals surface area contributed by atoms with Gasteiger partial charge in [-0.1, -0.05) is 0 Å². The minimum Gasteiger partial charge on any atom is -0.353 e. The van der Waals surface area contributed by atoms with E-state index in [0.29, 0.717) is 19.0 Å². The summed E-state index contributed by atoms with van der Waals surface area (Å²) in [4.78, 5) is 12.3. The van der Waals surface area contributed by atoms with Crippen molar-refractivity contribution in [3.63, 3.8) is 0 Å². The van der Waals surface area contributed by atoms with Gasteiger partial charge >= 0.3 is 0 Å². The van der Waals surface area contributed by atoms with Crippen molar-refractivity contribution in [1.82, 2.24) is 15.1 Å². The molecule has 4 heteroatoms. The van der Waals surface area contributed by atoms with Crippen molar-refractivity contribution < 1.29 is 4.79 Å². The molecule has 0 aromatic carbocycles. The van der Waals surface area contributed by atoms with Crippen LogP contribution in [-0.2, 0) is 11.3 Å². The summed E-state index contributed by atoms with van der Waals surface area (Å²) in [5, 5.41) is 7.61. The Morgan fingerprint density at radius 1 is 1.24 bits per heavy atom.